The van der Waals surface area contributed by atoms with E-state index in [0.29, 0.717) is 12.2 Å². The van der Waals surface area contributed by atoms with Crippen molar-refractivity contribution < 1.29 is 9.63 Å². The molecule has 0 amide bonds. The maximum atomic E-state index is 11.7. The van der Waals surface area contributed by atoms with Crippen molar-refractivity contribution in [2.75, 3.05) is 6.54 Å². The SMILES string of the molecule is O=C1CCN2OC1CC21CCCCCCC1. The van der Waals surface area contributed by atoms with Crippen LogP contribution in [-0.4, -0.2) is 29.0 Å². The van der Waals surface area contributed by atoms with Gasteiger partial charge in [0.1, 0.15) is 6.10 Å². The molecule has 3 fully saturated rings. The second kappa shape index (κ2) is 4.11. The summed E-state index contributed by atoms with van der Waals surface area (Å²) < 4.78 is 0. The Kier molecular flexibility index (Phi) is 2.76. The molecule has 3 aliphatic rings. The quantitative estimate of drug-likeness (QED) is 0.631. The smallest absolute Gasteiger partial charge is 0.165 e. The Morgan fingerprint density at radius 1 is 1.12 bits per heavy atom. The van der Waals surface area contributed by atoms with E-state index in [0.717, 1.165) is 13.0 Å². The zero-order valence-corrected chi connectivity index (χ0v) is 9.91. The number of ketones is 1. The standard InChI is InChI=1S/C13H21NO2/c15-11-6-9-14-13(10-12(11)16-14)7-4-2-1-3-5-8-13/h12H,1-10H2. The zero-order chi connectivity index (χ0) is 11.0. The molecule has 2 bridgehead atoms. The van der Waals surface area contributed by atoms with E-state index in [2.05, 4.69) is 5.06 Å². The van der Waals surface area contributed by atoms with Crippen LogP contribution in [0.15, 0.2) is 0 Å². The highest BCUT2D eigenvalue weighted by Crippen LogP contribution is 2.43. The number of nitrogens with zero attached hydrogens (tertiary/aromatic N) is 1. The summed E-state index contributed by atoms with van der Waals surface area (Å²) in [6.45, 7) is 0.829. The van der Waals surface area contributed by atoms with Crippen molar-refractivity contribution in [3.05, 3.63) is 0 Å². The molecule has 0 aromatic rings. The Balaban J connectivity index is 1.78. The third-order valence-electron chi connectivity index (χ3n) is 4.55. The number of carbonyl (C=O) groups excluding carboxylic acids is 1. The van der Waals surface area contributed by atoms with Crippen molar-refractivity contribution in [3.63, 3.8) is 0 Å². The van der Waals surface area contributed by atoms with Crippen LogP contribution in [0.25, 0.3) is 0 Å². The van der Waals surface area contributed by atoms with Gasteiger partial charge < -0.3 is 0 Å². The predicted octanol–water partition coefficient (Wildman–Crippen LogP) is 2.45. The van der Waals surface area contributed by atoms with Crippen molar-refractivity contribution in [1.82, 2.24) is 5.06 Å². The van der Waals surface area contributed by atoms with Gasteiger partial charge in [-0.25, -0.2) is 0 Å². The molecule has 90 valence electrons. The van der Waals surface area contributed by atoms with Crippen LogP contribution in [-0.2, 0) is 9.63 Å². The first-order chi connectivity index (χ1) is 7.80. The average molecular weight is 223 g/mol. The maximum absolute atomic E-state index is 11.7. The van der Waals surface area contributed by atoms with Crippen LogP contribution < -0.4 is 0 Å². The van der Waals surface area contributed by atoms with Crippen molar-refractivity contribution in [1.29, 1.82) is 0 Å². The minimum Gasteiger partial charge on any atom is -0.297 e. The van der Waals surface area contributed by atoms with Crippen LogP contribution in [0.2, 0.25) is 0 Å². The van der Waals surface area contributed by atoms with Crippen LogP contribution in [0.4, 0.5) is 0 Å². The van der Waals surface area contributed by atoms with Crippen molar-refractivity contribution >= 4 is 5.78 Å². The third kappa shape index (κ3) is 1.70. The highest BCUT2D eigenvalue weighted by molar-refractivity contribution is 5.84. The van der Waals surface area contributed by atoms with Gasteiger partial charge in [-0.1, -0.05) is 32.1 Å². The fraction of sp³-hybridized carbons (Fsp3) is 0.923. The summed E-state index contributed by atoms with van der Waals surface area (Å²) in [5.41, 5.74) is 0.219. The number of fused-ring (bicyclic) bond motifs is 3. The van der Waals surface area contributed by atoms with Gasteiger partial charge in [-0.2, -0.15) is 5.06 Å². The van der Waals surface area contributed by atoms with Gasteiger partial charge in [0.05, 0.1) is 0 Å². The van der Waals surface area contributed by atoms with Crippen LogP contribution in [0, 0.1) is 0 Å². The lowest BCUT2D eigenvalue weighted by Gasteiger charge is -2.37. The van der Waals surface area contributed by atoms with Gasteiger partial charge in [-0.15, -0.1) is 0 Å². The number of Topliss-reactive ketones (excluding diaryl/α,β-unsaturated/α-hetero) is 1. The molecule has 0 aromatic heterocycles. The maximum Gasteiger partial charge on any atom is 0.165 e. The Morgan fingerprint density at radius 2 is 1.81 bits per heavy atom. The van der Waals surface area contributed by atoms with E-state index in [1.54, 1.807) is 0 Å². The monoisotopic (exact) mass is 223 g/mol. The van der Waals surface area contributed by atoms with E-state index >= 15 is 0 Å². The molecular formula is C13H21NO2. The highest BCUT2D eigenvalue weighted by atomic mass is 16.7. The molecular weight excluding hydrogens is 202 g/mol. The summed E-state index contributed by atoms with van der Waals surface area (Å²) in [6.07, 6.45) is 10.7. The molecule has 0 aromatic carbocycles. The van der Waals surface area contributed by atoms with Crippen LogP contribution in [0.3, 0.4) is 0 Å². The minimum absolute atomic E-state index is 0.104. The third-order valence-corrected chi connectivity index (χ3v) is 4.55. The molecule has 3 heteroatoms. The summed E-state index contributed by atoms with van der Waals surface area (Å²) in [5.74, 6) is 0.329. The molecule has 2 aliphatic heterocycles. The van der Waals surface area contributed by atoms with E-state index in [-0.39, 0.29) is 11.6 Å². The molecule has 3 rings (SSSR count). The fourth-order valence-corrected chi connectivity index (χ4v) is 3.60. The summed E-state index contributed by atoms with van der Waals surface area (Å²) >= 11 is 0. The van der Waals surface area contributed by atoms with Crippen molar-refractivity contribution in [2.45, 2.75) is 69.4 Å². The molecule has 1 spiro atoms. The highest BCUT2D eigenvalue weighted by Gasteiger charge is 2.51. The molecule has 16 heavy (non-hydrogen) atoms. The number of hydrogen-bond donors (Lipinski definition) is 0. The van der Waals surface area contributed by atoms with Crippen LogP contribution >= 0.6 is 0 Å². The van der Waals surface area contributed by atoms with E-state index < -0.39 is 0 Å². The summed E-state index contributed by atoms with van der Waals surface area (Å²) in [7, 11) is 0. The molecule has 2 heterocycles. The summed E-state index contributed by atoms with van der Waals surface area (Å²) in [6, 6.07) is 0. The lowest BCUT2D eigenvalue weighted by Crippen LogP contribution is -2.44. The first-order valence-corrected chi connectivity index (χ1v) is 6.77. The Labute approximate surface area is 97.1 Å². The Hall–Kier alpha value is -0.410. The predicted molar refractivity (Wildman–Crippen MR) is 60.9 cm³/mol. The summed E-state index contributed by atoms with van der Waals surface area (Å²) in [4.78, 5) is 17.5. The lowest BCUT2D eigenvalue weighted by molar-refractivity contribution is -0.208. The van der Waals surface area contributed by atoms with E-state index in [9.17, 15) is 4.79 Å². The summed E-state index contributed by atoms with van der Waals surface area (Å²) in [5, 5.41) is 2.17. The van der Waals surface area contributed by atoms with Gasteiger partial charge in [0, 0.05) is 24.9 Å². The molecule has 2 saturated heterocycles. The van der Waals surface area contributed by atoms with E-state index in [4.69, 9.17) is 4.84 Å². The van der Waals surface area contributed by atoms with E-state index in [1.807, 2.05) is 0 Å². The second-order valence-corrected chi connectivity index (χ2v) is 5.61. The number of rotatable bonds is 0. The molecule has 2 atom stereocenters. The average Bonchev–Trinajstić information content (AvgIpc) is 2.55. The first-order valence-electron chi connectivity index (χ1n) is 6.77. The second-order valence-electron chi connectivity index (χ2n) is 5.61. The molecule has 0 N–H and O–H groups in total. The largest absolute Gasteiger partial charge is 0.297 e. The topological polar surface area (TPSA) is 29.5 Å². The minimum atomic E-state index is -0.104. The Morgan fingerprint density at radius 3 is 2.50 bits per heavy atom. The van der Waals surface area contributed by atoms with E-state index in [1.165, 1.54) is 44.9 Å². The van der Waals surface area contributed by atoms with Crippen LogP contribution in [0.1, 0.15) is 57.8 Å². The van der Waals surface area contributed by atoms with Gasteiger partial charge in [0.25, 0.3) is 0 Å². The molecule has 1 saturated carbocycles. The number of hydrogen-bond acceptors (Lipinski definition) is 3. The van der Waals surface area contributed by atoms with Gasteiger partial charge in [0.15, 0.2) is 5.78 Å². The zero-order valence-electron chi connectivity index (χ0n) is 9.91. The van der Waals surface area contributed by atoms with Crippen LogP contribution in [0.5, 0.6) is 0 Å². The van der Waals surface area contributed by atoms with Gasteiger partial charge in [-0.3, -0.25) is 9.63 Å². The number of carbonyl (C=O) groups is 1. The number of hydroxylamine groups is 2. The molecule has 3 nitrogen and oxygen atoms in total. The van der Waals surface area contributed by atoms with Crippen molar-refractivity contribution in [3.8, 4) is 0 Å². The molecule has 0 radical (unpaired) electrons. The fourth-order valence-electron chi connectivity index (χ4n) is 3.60. The lowest BCUT2D eigenvalue weighted by atomic mass is 9.81. The normalized spacial score (nSPS) is 38.4. The van der Waals surface area contributed by atoms with Crippen molar-refractivity contribution in [2.24, 2.45) is 0 Å². The van der Waals surface area contributed by atoms with Gasteiger partial charge >= 0.3 is 0 Å². The Bertz CT molecular complexity index is 282. The molecule has 1 aliphatic carbocycles. The molecule has 2 unspecified atom stereocenters. The first kappa shape index (κ1) is 10.7. The van der Waals surface area contributed by atoms with Gasteiger partial charge in [0.2, 0.25) is 0 Å². The van der Waals surface area contributed by atoms with Gasteiger partial charge in [-0.05, 0) is 12.8 Å².